The number of hydrogen-bond donors (Lipinski definition) is 1. The van der Waals surface area contributed by atoms with E-state index in [-0.39, 0.29) is 11.6 Å². The van der Waals surface area contributed by atoms with E-state index in [1.165, 1.54) is 28.3 Å². The highest BCUT2D eigenvalue weighted by molar-refractivity contribution is 7.20. The fourth-order valence-electron chi connectivity index (χ4n) is 3.51. The van der Waals surface area contributed by atoms with E-state index >= 15 is 0 Å². The van der Waals surface area contributed by atoms with Crippen LogP contribution < -0.4 is 15.8 Å². The largest absolute Gasteiger partial charge is 0.350 e. The van der Waals surface area contributed by atoms with Crippen LogP contribution in [0, 0.1) is 5.92 Å². The van der Waals surface area contributed by atoms with Crippen LogP contribution >= 0.6 is 11.3 Å². The molecule has 3 aromatic rings. The normalized spacial score (nSPS) is 17.0. The third kappa shape index (κ3) is 4.06. The first-order valence-electron chi connectivity index (χ1n) is 9.58. The van der Waals surface area contributed by atoms with Crippen molar-refractivity contribution in [2.75, 3.05) is 24.5 Å². The lowest BCUT2D eigenvalue weighted by Gasteiger charge is -2.30. The quantitative estimate of drug-likeness (QED) is 0.715. The van der Waals surface area contributed by atoms with Crippen molar-refractivity contribution in [1.29, 1.82) is 0 Å². The summed E-state index contributed by atoms with van der Waals surface area (Å²) in [6.45, 7) is 4.59. The van der Waals surface area contributed by atoms with E-state index in [2.05, 4.69) is 27.2 Å². The van der Waals surface area contributed by atoms with Gasteiger partial charge in [-0.25, -0.2) is 0 Å². The smallest absolute Gasteiger partial charge is 0.274 e. The summed E-state index contributed by atoms with van der Waals surface area (Å²) in [4.78, 5) is 31.4. The zero-order chi connectivity index (χ0) is 19.5. The molecule has 0 spiro atoms. The number of fused-ring (bicyclic) bond motifs is 1. The molecule has 1 amide bonds. The van der Waals surface area contributed by atoms with Gasteiger partial charge in [-0.05, 0) is 30.7 Å². The van der Waals surface area contributed by atoms with Gasteiger partial charge in [-0.3, -0.25) is 9.59 Å². The average molecular weight is 398 g/mol. The van der Waals surface area contributed by atoms with Gasteiger partial charge in [0.2, 0.25) is 10.1 Å². The minimum absolute atomic E-state index is 0.232. The monoisotopic (exact) mass is 397 g/mol. The van der Waals surface area contributed by atoms with Gasteiger partial charge in [0, 0.05) is 25.7 Å². The molecule has 28 heavy (non-hydrogen) atoms. The first-order valence-corrected chi connectivity index (χ1v) is 10.4. The molecule has 1 fully saturated rings. The summed E-state index contributed by atoms with van der Waals surface area (Å²) in [7, 11) is 0. The Morgan fingerprint density at radius 2 is 2.14 bits per heavy atom. The van der Waals surface area contributed by atoms with Crippen LogP contribution in [0.15, 0.2) is 41.2 Å². The Labute approximate surface area is 167 Å². The van der Waals surface area contributed by atoms with E-state index in [0.717, 1.165) is 36.6 Å². The number of nitrogens with one attached hydrogen (secondary N) is 1. The highest BCUT2D eigenvalue weighted by Gasteiger charge is 2.22. The molecular weight excluding hydrogens is 374 g/mol. The zero-order valence-corrected chi connectivity index (χ0v) is 16.6. The van der Waals surface area contributed by atoms with Gasteiger partial charge in [0.25, 0.3) is 11.5 Å². The summed E-state index contributed by atoms with van der Waals surface area (Å²) in [5, 5.41) is 8.29. The molecule has 1 aromatic carbocycles. The van der Waals surface area contributed by atoms with Crippen molar-refractivity contribution in [3.8, 4) is 0 Å². The molecule has 1 aliphatic rings. The number of hydrogen-bond acceptors (Lipinski definition) is 6. The van der Waals surface area contributed by atoms with Crippen molar-refractivity contribution in [3.63, 3.8) is 0 Å². The van der Waals surface area contributed by atoms with Crippen LogP contribution in [0.3, 0.4) is 0 Å². The van der Waals surface area contributed by atoms with Crippen LogP contribution in [-0.2, 0) is 6.42 Å². The molecular formula is C20H23N5O2S. The van der Waals surface area contributed by atoms with Crippen molar-refractivity contribution in [2.24, 2.45) is 5.92 Å². The number of carbonyl (C=O) groups excluding carboxylic acids is 1. The summed E-state index contributed by atoms with van der Waals surface area (Å²) < 4.78 is 1.50. The number of aromatic nitrogens is 3. The SMILES string of the molecule is C[C@@H]1CCCN(c2nn3c(C(=O)NCCc4ccccc4)cc(=O)nc3s2)C1. The third-order valence-electron chi connectivity index (χ3n) is 4.95. The van der Waals surface area contributed by atoms with E-state index in [9.17, 15) is 9.59 Å². The Balaban J connectivity index is 1.54. The summed E-state index contributed by atoms with van der Waals surface area (Å²) >= 11 is 1.36. The van der Waals surface area contributed by atoms with E-state index in [1.807, 2.05) is 30.3 Å². The summed E-state index contributed by atoms with van der Waals surface area (Å²) in [6.07, 6.45) is 3.06. The van der Waals surface area contributed by atoms with Gasteiger partial charge in [0.15, 0.2) is 0 Å². The van der Waals surface area contributed by atoms with Gasteiger partial charge in [-0.15, -0.1) is 5.10 Å². The minimum Gasteiger partial charge on any atom is -0.350 e. The van der Waals surface area contributed by atoms with E-state index in [4.69, 9.17) is 0 Å². The highest BCUT2D eigenvalue weighted by Crippen LogP contribution is 2.27. The van der Waals surface area contributed by atoms with E-state index in [0.29, 0.717) is 17.4 Å². The van der Waals surface area contributed by atoms with E-state index < -0.39 is 5.56 Å². The summed E-state index contributed by atoms with van der Waals surface area (Å²) in [6, 6.07) is 11.2. The number of benzene rings is 1. The maximum atomic E-state index is 12.7. The standard InChI is InChI=1S/C20H23N5O2S/c1-14-6-5-11-24(13-14)20-23-25-16(12-17(26)22-19(25)28-20)18(27)21-10-9-15-7-3-2-4-8-15/h2-4,7-8,12,14H,5-6,9-11,13H2,1H3,(H,21,27)/t14-/m1/s1. The molecule has 1 atom stereocenters. The second-order valence-electron chi connectivity index (χ2n) is 7.24. The van der Waals surface area contributed by atoms with Crippen LogP contribution in [-0.4, -0.2) is 40.1 Å². The molecule has 0 bridgehead atoms. The fraction of sp³-hybridized carbons (Fsp3) is 0.400. The summed E-state index contributed by atoms with van der Waals surface area (Å²) in [5.41, 5.74) is 0.959. The lowest BCUT2D eigenvalue weighted by atomic mass is 10.0. The Morgan fingerprint density at radius 1 is 1.32 bits per heavy atom. The van der Waals surface area contributed by atoms with Crippen LogP contribution in [0.2, 0.25) is 0 Å². The number of rotatable bonds is 5. The molecule has 7 nitrogen and oxygen atoms in total. The summed E-state index contributed by atoms with van der Waals surface area (Å²) in [5.74, 6) is 0.295. The zero-order valence-electron chi connectivity index (χ0n) is 15.8. The molecule has 8 heteroatoms. The van der Waals surface area contributed by atoms with Crippen molar-refractivity contribution in [1.82, 2.24) is 19.9 Å². The van der Waals surface area contributed by atoms with Crippen LogP contribution in [0.25, 0.3) is 4.96 Å². The molecule has 1 saturated heterocycles. The van der Waals surface area contributed by atoms with Gasteiger partial charge in [-0.2, -0.15) is 9.50 Å². The Bertz CT molecular complexity index is 1030. The van der Waals surface area contributed by atoms with Gasteiger partial charge in [-0.1, -0.05) is 48.6 Å². The first kappa shape index (κ1) is 18.6. The van der Waals surface area contributed by atoms with Crippen molar-refractivity contribution in [3.05, 3.63) is 58.0 Å². The number of anilines is 1. The predicted octanol–water partition coefficient (Wildman–Crippen LogP) is 2.36. The number of nitrogens with zero attached hydrogens (tertiary/aromatic N) is 4. The predicted molar refractivity (Wildman–Crippen MR) is 110 cm³/mol. The van der Waals surface area contributed by atoms with Crippen molar-refractivity contribution in [2.45, 2.75) is 26.2 Å². The molecule has 0 radical (unpaired) electrons. The molecule has 0 unspecified atom stereocenters. The third-order valence-corrected chi connectivity index (χ3v) is 5.91. The molecule has 1 aliphatic heterocycles. The number of amides is 1. The number of carbonyl (C=O) groups is 1. The molecule has 146 valence electrons. The number of piperidine rings is 1. The molecule has 2 aromatic heterocycles. The Hall–Kier alpha value is -2.74. The fourth-order valence-corrected chi connectivity index (χ4v) is 4.46. The lowest BCUT2D eigenvalue weighted by Crippen LogP contribution is -2.34. The van der Waals surface area contributed by atoms with Crippen LogP contribution in [0.5, 0.6) is 0 Å². The lowest BCUT2D eigenvalue weighted by molar-refractivity contribution is 0.0946. The van der Waals surface area contributed by atoms with Crippen molar-refractivity contribution < 1.29 is 4.79 Å². The molecule has 0 aliphatic carbocycles. The topological polar surface area (TPSA) is 79.6 Å². The van der Waals surface area contributed by atoms with E-state index in [1.54, 1.807) is 0 Å². The van der Waals surface area contributed by atoms with Gasteiger partial charge in [0.1, 0.15) is 5.69 Å². The van der Waals surface area contributed by atoms with Crippen molar-refractivity contribution >= 4 is 27.3 Å². The Morgan fingerprint density at radius 3 is 2.93 bits per heavy atom. The van der Waals surface area contributed by atoms with Gasteiger partial charge in [0.05, 0.1) is 0 Å². The maximum absolute atomic E-state index is 12.7. The second-order valence-corrected chi connectivity index (χ2v) is 8.18. The minimum atomic E-state index is -0.421. The van der Waals surface area contributed by atoms with Gasteiger partial charge < -0.3 is 10.2 Å². The average Bonchev–Trinajstić information content (AvgIpc) is 3.12. The molecule has 4 rings (SSSR count). The molecule has 3 heterocycles. The van der Waals surface area contributed by atoms with Crippen LogP contribution in [0.1, 0.15) is 35.8 Å². The highest BCUT2D eigenvalue weighted by atomic mass is 32.1. The first-order chi connectivity index (χ1) is 13.6. The van der Waals surface area contributed by atoms with Crippen LogP contribution in [0.4, 0.5) is 5.13 Å². The van der Waals surface area contributed by atoms with Gasteiger partial charge >= 0.3 is 0 Å². The second kappa shape index (κ2) is 8.10. The molecule has 0 saturated carbocycles. The Kier molecular flexibility index (Phi) is 5.38. The molecule has 1 N–H and O–H groups in total. The maximum Gasteiger partial charge on any atom is 0.274 e.